The lowest BCUT2D eigenvalue weighted by molar-refractivity contribution is -0.166. The standard InChI is InChI=1S/C5H12.ClO/c1-4-5(2)3;1-2/h5H,4H2,1-3H3;/q;-1. The molecule has 0 aliphatic carbocycles. The molecule has 2 heteroatoms. The van der Waals surface area contributed by atoms with Crippen molar-refractivity contribution in [2.45, 2.75) is 27.2 Å². The van der Waals surface area contributed by atoms with Gasteiger partial charge in [0, 0.05) is 0 Å². The Balaban J connectivity index is 0. The lowest BCUT2D eigenvalue weighted by Gasteiger charge is -1.90. The van der Waals surface area contributed by atoms with Crippen molar-refractivity contribution in [2.24, 2.45) is 5.92 Å². The van der Waals surface area contributed by atoms with Gasteiger partial charge >= 0.3 is 0 Å². The summed E-state index contributed by atoms with van der Waals surface area (Å²) in [6.07, 6.45) is 1.31. The van der Waals surface area contributed by atoms with Gasteiger partial charge in [-0.2, -0.15) is 0 Å². The van der Waals surface area contributed by atoms with Crippen LogP contribution in [0.5, 0.6) is 0 Å². The van der Waals surface area contributed by atoms with E-state index in [0.717, 1.165) is 5.92 Å². The SMILES string of the molecule is CCC(C)C.[O-]Cl. The van der Waals surface area contributed by atoms with Crippen LogP contribution in [-0.4, -0.2) is 0 Å². The maximum Gasteiger partial charge on any atom is -0.0474 e. The number of halogens is 1. The maximum absolute atomic E-state index is 7.72. The minimum Gasteiger partial charge on any atom is -0.769 e. The average Bonchev–Trinajstić information content (AvgIpc) is 1.73. The van der Waals surface area contributed by atoms with Gasteiger partial charge in [-0.1, -0.05) is 27.2 Å². The van der Waals surface area contributed by atoms with Crippen LogP contribution in [0.15, 0.2) is 0 Å². The average molecular weight is 124 g/mol. The van der Waals surface area contributed by atoms with Crippen LogP contribution in [0.25, 0.3) is 0 Å². The highest BCUT2D eigenvalue weighted by Gasteiger charge is 1.80. The molecule has 0 radical (unpaired) electrons. The summed E-state index contributed by atoms with van der Waals surface area (Å²) in [6.45, 7) is 6.64. The van der Waals surface area contributed by atoms with Crippen LogP contribution in [-0.2, 0) is 0 Å². The fraction of sp³-hybridized carbons (Fsp3) is 1.00. The number of hydrogen-bond donors (Lipinski definition) is 0. The van der Waals surface area contributed by atoms with Gasteiger partial charge in [0.05, 0.1) is 0 Å². The van der Waals surface area contributed by atoms with Gasteiger partial charge < -0.3 is 4.66 Å². The smallest absolute Gasteiger partial charge is 0.0474 e. The second kappa shape index (κ2) is 9.54. The predicted molar refractivity (Wildman–Crippen MR) is 31.0 cm³/mol. The molecule has 0 atom stereocenters. The number of rotatable bonds is 1. The van der Waals surface area contributed by atoms with Crippen LogP contribution in [0, 0.1) is 5.92 Å². The molecule has 0 spiro atoms. The zero-order chi connectivity index (χ0) is 6.28. The first kappa shape index (κ1) is 10.3. The third kappa shape index (κ3) is 22.3. The van der Waals surface area contributed by atoms with Crippen molar-refractivity contribution in [3.05, 3.63) is 0 Å². The zero-order valence-corrected chi connectivity index (χ0v) is 5.83. The fourth-order valence-corrected chi connectivity index (χ4v) is 0. The molecule has 1 nitrogen and oxygen atoms in total. The maximum atomic E-state index is 7.72. The Hall–Kier alpha value is 0.250. The van der Waals surface area contributed by atoms with Crippen molar-refractivity contribution < 1.29 is 4.66 Å². The molecule has 0 unspecified atom stereocenters. The van der Waals surface area contributed by atoms with E-state index in [9.17, 15) is 0 Å². The first-order chi connectivity index (χ1) is 3.27. The van der Waals surface area contributed by atoms with Gasteiger partial charge in [-0.3, -0.25) is 0 Å². The molecule has 0 fully saturated rings. The fourth-order valence-electron chi connectivity index (χ4n) is 0. The quantitative estimate of drug-likeness (QED) is 0.519. The second-order valence-electron chi connectivity index (χ2n) is 1.80. The van der Waals surface area contributed by atoms with E-state index < -0.39 is 0 Å². The molecule has 0 saturated carbocycles. The molecule has 0 N–H and O–H groups in total. The van der Waals surface area contributed by atoms with Gasteiger partial charge in [-0.25, -0.2) is 11.9 Å². The first-order valence-electron chi connectivity index (χ1n) is 2.42. The highest BCUT2D eigenvalue weighted by Crippen LogP contribution is 1.93. The van der Waals surface area contributed by atoms with Crippen molar-refractivity contribution in [1.82, 2.24) is 0 Å². The number of hydrogen-bond acceptors (Lipinski definition) is 1. The molecule has 0 amide bonds. The van der Waals surface area contributed by atoms with E-state index in [1.807, 2.05) is 0 Å². The molecule has 0 aromatic carbocycles. The molecule has 0 rings (SSSR count). The van der Waals surface area contributed by atoms with Crippen molar-refractivity contribution >= 4 is 11.9 Å². The highest BCUT2D eigenvalue weighted by molar-refractivity contribution is 6.02. The molecule has 0 aliphatic heterocycles. The summed E-state index contributed by atoms with van der Waals surface area (Å²) in [7, 11) is 0. The Labute approximate surface area is 50.5 Å². The van der Waals surface area contributed by atoms with Gasteiger partial charge in [0.1, 0.15) is 0 Å². The largest absolute Gasteiger partial charge is 0.769 e. The third-order valence-corrected chi connectivity index (χ3v) is 0.816. The van der Waals surface area contributed by atoms with Gasteiger partial charge in [0.2, 0.25) is 0 Å². The van der Waals surface area contributed by atoms with Crippen molar-refractivity contribution in [1.29, 1.82) is 0 Å². The van der Waals surface area contributed by atoms with Crippen LogP contribution in [0.1, 0.15) is 27.2 Å². The Bertz CT molecular complexity index is 22.0. The van der Waals surface area contributed by atoms with E-state index in [2.05, 4.69) is 32.6 Å². The van der Waals surface area contributed by atoms with Crippen molar-refractivity contribution in [3.63, 3.8) is 0 Å². The predicted octanol–water partition coefficient (Wildman–Crippen LogP) is 1.55. The molecular formula is C5H12ClO-. The molecule has 7 heavy (non-hydrogen) atoms. The van der Waals surface area contributed by atoms with E-state index in [-0.39, 0.29) is 0 Å². The lowest BCUT2D eigenvalue weighted by atomic mass is 10.2. The van der Waals surface area contributed by atoms with Gasteiger partial charge in [-0.15, -0.1) is 0 Å². The normalized spacial score (nSPS) is 7.71. The summed E-state index contributed by atoms with van der Waals surface area (Å²) in [5, 5.41) is 0. The molecule has 0 aromatic heterocycles. The monoisotopic (exact) mass is 123 g/mol. The van der Waals surface area contributed by atoms with Gasteiger partial charge in [-0.05, 0) is 5.92 Å². The van der Waals surface area contributed by atoms with E-state index in [0.29, 0.717) is 0 Å². The van der Waals surface area contributed by atoms with E-state index >= 15 is 0 Å². The van der Waals surface area contributed by atoms with Crippen LogP contribution < -0.4 is 4.66 Å². The van der Waals surface area contributed by atoms with Gasteiger partial charge in [0.25, 0.3) is 0 Å². The van der Waals surface area contributed by atoms with Crippen LogP contribution >= 0.6 is 11.9 Å². The van der Waals surface area contributed by atoms with Gasteiger partial charge in [0.15, 0.2) is 0 Å². The molecule has 0 bridgehead atoms. The third-order valence-electron chi connectivity index (χ3n) is 0.816. The molecule has 0 aromatic rings. The van der Waals surface area contributed by atoms with E-state index in [4.69, 9.17) is 4.66 Å². The summed E-state index contributed by atoms with van der Waals surface area (Å²) in [5.74, 6) is 0.884. The highest BCUT2D eigenvalue weighted by atomic mass is 35.5. The molecular weight excluding hydrogens is 112 g/mol. The minimum absolute atomic E-state index is 0.884. The first-order valence-corrected chi connectivity index (χ1v) is 2.73. The zero-order valence-electron chi connectivity index (χ0n) is 5.07. The molecule has 0 heterocycles. The Kier molecular flexibility index (Phi) is 14.0. The Morgan fingerprint density at radius 1 is 1.43 bits per heavy atom. The Morgan fingerprint density at radius 2 is 1.57 bits per heavy atom. The van der Waals surface area contributed by atoms with Crippen LogP contribution in [0.4, 0.5) is 0 Å². The minimum atomic E-state index is 0.884. The molecule has 46 valence electrons. The molecule has 0 saturated heterocycles. The van der Waals surface area contributed by atoms with E-state index in [1.165, 1.54) is 6.42 Å². The second-order valence-corrected chi connectivity index (χ2v) is 1.80. The lowest BCUT2D eigenvalue weighted by Crippen LogP contribution is -1.77. The summed E-state index contributed by atoms with van der Waals surface area (Å²) < 4.78 is 7.72. The van der Waals surface area contributed by atoms with Crippen LogP contribution in [0.3, 0.4) is 0 Å². The summed E-state index contributed by atoms with van der Waals surface area (Å²) in [6, 6.07) is 0. The summed E-state index contributed by atoms with van der Waals surface area (Å²) in [5.41, 5.74) is 0. The summed E-state index contributed by atoms with van der Waals surface area (Å²) in [4.78, 5) is 0. The van der Waals surface area contributed by atoms with Crippen molar-refractivity contribution in [2.75, 3.05) is 0 Å². The van der Waals surface area contributed by atoms with Crippen molar-refractivity contribution in [3.8, 4) is 0 Å². The molecule has 0 aliphatic rings. The van der Waals surface area contributed by atoms with Crippen LogP contribution in [0.2, 0.25) is 0 Å². The van der Waals surface area contributed by atoms with E-state index in [1.54, 1.807) is 0 Å². The topological polar surface area (TPSA) is 23.1 Å². The summed E-state index contributed by atoms with van der Waals surface area (Å²) >= 11 is 3.39. The Morgan fingerprint density at radius 3 is 1.57 bits per heavy atom.